The fraction of sp³-hybridized carbons (Fsp3) is 1.00. The molecule has 1 aliphatic rings. The summed E-state index contributed by atoms with van der Waals surface area (Å²) in [4.78, 5) is 0. The minimum Gasteiger partial charge on any atom is -0.324 e. The molecule has 2 nitrogen and oxygen atoms in total. The molecule has 0 aliphatic heterocycles. The van der Waals surface area contributed by atoms with Crippen LogP contribution in [0.15, 0.2) is 0 Å². The first kappa shape index (κ1) is 8.37. The molecule has 0 heterocycles. The molecule has 1 saturated carbocycles. The molecule has 2 unspecified atom stereocenters. The van der Waals surface area contributed by atoms with E-state index in [4.69, 9.17) is 5.73 Å². The van der Waals surface area contributed by atoms with Crippen LogP contribution in [0, 0.1) is 0 Å². The normalized spacial score (nSPS) is 40.5. The Morgan fingerprint density at radius 2 is 2.50 bits per heavy atom. The summed E-state index contributed by atoms with van der Waals surface area (Å²) >= 11 is 4.11. The zero-order valence-corrected chi connectivity index (χ0v) is 7.32. The first-order valence-corrected chi connectivity index (χ1v) is 4.43. The zero-order valence-electron chi connectivity index (χ0n) is 6.43. The maximum atomic E-state index is 6.01. The van der Waals surface area contributed by atoms with Crippen molar-refractivity contribution in [2.24, 2.45) is 5.73 Å². The second-order valence-corrected chi connectivity index (χ2v) is 3.63. The monoisotopic (exact) mass is 160 g/mol. The summed E-state index contributed by atoms with van der Waals surface area (Å²) in [7, 11) is 0. The van der Waals surface area contributed by atoms with E-state index in [1.165, 1.54) is 12.8 Å². The van der Waals surface area contributed by atoms with E-state index in [1.54, 1.807) is 0 Å². The van der Waals surface area contributed by atoms with Gasteiger partial charge in [-0.1, -0.05) is 0 Å². The van der Waals surface area contributed by atoms with Crippen LogP contribution >= 0.6 is 12.6 Å². The van der Waals surface area contributed by atoms with Gasteiger partial charge in [0.2, 0.25) is 0 Å². The predicted octanol–water partition coefficient (Wildman–Crippen LogP) is 0.733. The van der Waals surface area contributed by atoms with Gasteiger partial charge in [0.05, 0.1) is 0 Å². The molecule has 60 valence electrons. The van der Waals surface area contributed by atoms with Gasteiger partial charge in [0.1, 0.15) is 0 Å². The lowest BCUT2D eigenvalue weighted by atomic mass is 9.98. The number of rotatable bonds is 2. The number of nitrogens with one attached hydrogen (secondary N) is 1. The van der Waals surface area contributed by atoms with Crippen LogP contribution in [0.3, 0.4) is 0 Å². The number of thiol groups is 1. The molecule has 0 spiro atoms. The van der Waals surface area contributed by atoms with Gasteiger partial charge < -0.3 is 11.1 Å². The quantitative estimate of drug-likeness (QED) is 0.411. The van der Waals surface area contributed by atoms with E-state index in [0.717, 1.165) is 12.3 Å². The predicted molar refractivity (Wildman–Crippen MR) is 47.2 cm³/mol. The van der Waals surface area contributed by atoms with Crippen molar-refractivity contribution in [2.45, 2.75) is 37.8 Å². The summed E-state index contributed by atoms with van der Waals surface area (Å²) in [6.45, 7) is 2.11. The topological polar surface area (TPSA) is 38.0 Å². The van der Waals surface area contributed by atoms with Crippen LogP contribution in [0.1, 0.15) is 26.2 Å². The Labute approximate surface area is 68.0 Å². The second kappa shape index (κ2) is 3.11. The minimum atomic E-state index is 0.00271. The lowest BCUT2D eigenvalue weighted by molar-refractivity contribution is 0.380. The fourth-order valence-corrected chi connectivity index (χ4v) is 1.86. The van der Waals surface area contributed by atoms with Crippen LogP contribution in [0.25, 0.3) is 0 Å². The molecule has 0 aromatic heterocycles. The van der Waals surface area contributed by atoms with Crippen molar-refractivity contribution in [1.82, 2.24) is 5.32 Å². The van der Waals surface area contributed by atoms with Gasteiger partial charge in [-0.05, 0) is 26.2 Å². The Hall–Kier alpha value is 0.270. The Morgan fingerprint density at radius 3 is 2.90 bits per heavy atom. The third kappa shape index (κ3) is 1.65. The van der Waals surface area contributed by atoms with Crippen molar-refractivity contribution in [1.29, 1.82) is 0 Å². The Kier molecular flexibility index (Phi) is 2.61. The van der Waals surface area contributed by atoms with Gasteiger partial charge in [-0.25, -0.2) is 0 Å². The van der Waals surface area contributed by atoms with Gasteiger partial charge in [-0.2, -0.15) is 12.6 Å². The van der Waals surface area contributed by atoms with Crippen LogP contribution in [0.4, 0.5) is 0 Å². The Balaban J connectivity index is 2.43. The molecule has 3 heteroatoms. The number of hydrogen-bond donors (Lipinski definition) is 3. The molecule has 0 bridgehead atoms. The molecule has 0 saturated heterocycles. The van der Waals surface area contributed by atoms with Gasteiger partial charge in [0, 0.05) is 17.5 Å². The van der Waals surface area contributed by atoms with Crippen LogP contribution < -0.4 is 11.1 Å². The molecule has 1 rings (SSSR count). The summed E-state index contributed by atoms with van der Waals surface area (Å²) < 4.78 is 0. The summed E-state index contributed by atoms with van der Waals surface area (Å²) in [6.07, 6.45) is 3.59. The maximum absolute atomic E-state index is 6.01. The van der Waals surface area contributed by atoms with E-state index >= 15 is 0 Å². The fourth-order valence-electron chi connectivity index (χ4n) is 1.64. The molecule has 0 radical (unpaired) electrons. The zero-order chi connectivity index (χ0) is 7.61. The Morgan fingerprint density at radius 1 is 1.80 bits per heavy atom. The number of hydrogen-bond acceptors (Lipinski definition) is 3. The SMILES string of the molecule is CC1(N)CCCC1NCS. The van der Waals surface area contributed by atoms with Crippen molar-refractivity contribution in [3.63, 3.8) is 0 Å². The lowest BCUT2D eigenvalue weighted by Crippen LogP contribution is -2.50. The highest BCUT2D eigenvalue weighted by molar-refractivity contribution is 7.80. The van der Waals surface area contributed by atoms with Crippen LogP contribution in [-0.2, 0) is 0 Å². The molecule has 1 aliphatic carbocycles. The van der Waals surface area contributed by atoms with E-state index in [9.17, 15) is 0 Å². The maximum Gasteiger partial charge on any atom is 0.0390 e. The van der Waals surface area contributed by atoms with E-state index in [1.807, 2.05) is 0 Å². The highest BCUT2D eigenvalue weighted by Gasteiger charge is 2.34. The summed E-state index contributed by atoms with van der Waals surface area (Å²) in [5, 5.41) is 3.27. The highest BCUT2D eigenvalue weighted by atomic mass is 32.1. The molecular formula is C7H16N2S. The molecular weight excluding hydrogens is 144 g/mol. The second-order valence-electron chi connectivity index (χ2n) is 3.31. The largest absolute Gasteiger partial charge is 0.324 e. The third-order valence-corrected chi connectivity index (χ3v) is 2.52. The summed E-state index contributed by atoms with van der Waals surface area (Å²) in [5.74, 6) is 0.734. The van der Waals surface area contributed by atoms with Crippen molar-refractivity contribution < 1.29 is 0 Å². The van der Waals surface area contributed by atoms with E-state index in [0.29, 0.717) is 6.04 Å². The van der Waals surface area contributed by atoms with Gasteiger partial charge >= 0.3 is 0 Å². The molecule has 3 N–H and O–H groups in total. The van der Waals surface area contributed by atoms with Crippen molar-refractivity contribution in [3.8, 4) is 0 Å². The van der Waals surface area contributed by atoms with Gasteiger partial charge in [0.15, 0.2) is 0 Å². The van der Waals surface area contributed by atoms with Gasteiger partial charge in [-0.3, -0.25) is 0 Å². The first-order chi connectivity index (χ1) is 4.67. The van der Waals surface area contributed by atoms with E-state index in [2.05, 4.69) is 24.9 Å². The minimum absolute atomic E-state index is 0.00271. The average molecular weight is 160 g/mol. The summed E-state index contributed by atoms with van der Waals surface area (Å²) in [5.41, 5.74) is 6.01. The summed E-state index contributed by atoms with van der Waals surface area (Å²) in [6, 6.07) is 0.477. The molecule has 10 heavy (non-hydrogen) atoms. The van der Waals surface area contributed by atoms with E-state index in [-0.39, 0.29) is 5.54 Å². The van der Waals surface area contributed by atoms with Crippen molar-refractivity contribution in [2.75, 3.05) is 5.88 Å². The highest BCUT2D eigenvalue weighted by Crippen LogP contribution is 2.26. The smallest absolute Gasteiger partial charge is 0.0390 e. The molecule has 1 fully saturated rings. The van der Waals surface area contributed by atoms with Gasteiger partial charge in [0.25, 0.3) is 0 Å². The van der Waals surface area contributed by atoms with Crippen LogP contribution in [0.2, 0.25) is 0 Å². The average Bonchev–Trinajstić information content (AvgIpc) is 2.13. The molecule has 2 atom stereocenters. The molecule has 0 aromatic rings. The Bertz CT molecular complexity index is 114. The van der Waals surface area contributed by atoms with Crippen molar-refractivity contribution in [3.05, 3.63) is 0 Å². The third-order valence-electron chi connectivity index (χ3n) is 2.34. The number of nitrogens with two attached hydrogens (primary N) is 1. The van der Waals surface area contributed by atoms with Crippen molar-refractivity contribution >= 4 is 12.6 Å². The lowest BCUT2D eigenvalue weighted by Gasteiger charge is -2.27. The standard InChI is InChI=1S/C7H16N2S/c1-7(8)4-2-3-6(7)9-5-10/h6,9-10H,2-5,8H2,1H3. The van der Waals surface area contributed by atoms with Crippen LogP contribution in [-0.4, -0.2) is 17.5 Å². The molecule has 0 amide bonds. The van der Waals surface area contributed by atoms with Gasteiger partial charge in [-0.15, -0.1) is 0 Å². The van der Waals surface area contributed by atoms with E-state index < -0.39 is 0 Å². The molecule has 0 aromatic carbocycles. The van der Waals surface area contributed by atoms with Crippen LogP contribution in [0.5, 0.6) is 0 Å². The first-order valence-electron chi connectivity index (χ1n) is 3.80.